The lowest BCUT2D eigenvalue weighted by Gasteiger charge is -2.03. The van der Waals surface area contributed by atoms with E-state index in [1.54, 1.807) is 30.6 Å². The first-order valence-corrected chi connectivity index (χ1v) is 7.82. The zero-order valence-electron chi connectivity index (χ0n) is 12.8. The number of carbonyl (C=O) groups is 1. The molecule has 0 fully saturated rings. The van der Waals surface area contributed by atoms with Crippen molar-refractivity contribution in [3.05, 3.63) is 65.3 Å². The number of hydrogen-bond acceptors (Lipinski definition) is 5. The quantitative estimate of drug-likeness (QED) is 0.744. The van der Waals surface area contributed by atoms with Crippen LogP contribution in [0.4, 0.5) is 0 Å². The van der Waals surface area contributed by atoms with Gasteiger partial charge in [-0.2, -0.15) is 4.98 Å². The average molecular weight is 343 g/mol. The van der Waals surface area contributed by atoms with E-state index in [0.717, 1.165) is 11.1 Å². The van der Waals surface area contributed by atoms with Gasteiger partial charge in [-0.3, -0.25) is 9.78 Å². The molecular formula is C17H15ClN4O2. The maximum atomic E-state index is 11.9. The lowest BCUT2D eigenvalue weighted by atomic mass is 10.1. The number of rotatable bonds is 6. The average Bonchev–Trinajstić information content (AvgIpc) is 3.08. The summed E-state index contributed by atoms with van der Waals surface area (Å²) >= 11 is 5.92. The van der Waals surface area contributed by atoms with Crippen molar-refractivity contribution in [3.63, 3.8) is 0 Å². The van der Waals surface area contributed by atoms with E-state index in [1.807, 2.05) is 18.2 Å². The highest BCUT2D eigenvalue weighted by molar-refractivity contribution is 6.30. The molecule has 0 saturated carbocycles. The fourth-order valence-electron chi connectivity index (χ4n) is 2.16. The normalized spacial score (nSPS) is 10.5. The topological polar surface area (TPSA) is 80.9 Å². The Hall–Kier alpha value is -2.73. The predicted octanol–water partition coefficient (Wildman–Crippen LogP) is 3.03. The summed E-state index contributed by atoms with van der Waals surface area (Å²) in [5, 5.41) is 7.32. The van der Waals surface area contributed by atoms with Crippen LogP contribution in [-0.4, -0.2) is 21.0 Å². The molecule has 3 rings (SSSR count). The van der Waals surface area contributed by atoms with Crippen molar-refractivity contribution in [1.82, 2.24) is 20.4 Å². The number of aromatic nitrogens is 3. The van der Waals surface area contributed by atoms with Crippen molar-refractivity contribution >= 4 is 17.5 Å². The van der Waals surface area contributed by atoms with Crippen LogP contribution < -0.4 is 5.32 Å². The number of halogens is 1. The number of pyridine rings is 1. The van der Waals surface area contributed by atoms with Crippen LogP contribution in [0.3, 0.4) is 0 Å². The fraction of sp³-hybridized carbons (Fsp3) is 0.176. The smallest absolute Gasteiger partial charge is 0.246 e. The zero-order valence-corrected chi connectivity index (χ0v) is 13.5. The van der Waals surface area contributed by atoms with Gasteiger partial charge in [0.1, 0.15) is 0 Å². The number of carbonyl (C=O) groups excluding carboxylic acids is 1. The molecule has 2 aromatic heterocycles. The van der Waals surface area contributed by atoms with E-state index >= 15 is 0 Å². The van der Waals surface area contributed by atoms with Gasteiger partial charge in [-0.1, -0.05) is 28.9 Å². The molecule has 0 aliphatic heterocycles. The number of aryl methyl sites for hydroxylation is 1. The molecule has 0 spiro atoms. The summed E-state index contributed by atoms with van der Waals surface area (Å²) in [5.41, 5.74) is 1.84. The van der Waals surface area contributed by atoms with Crippen molar-refractivity contribution < 1.29 is 9.32 Å². The van der Waals surface area contributed by atoms with Gasteiger partial charge < -0.3 is 9.84 Å². The van der Waals surface area contributed by atoms with E-state index in [1.165, 1.54) is 0 Å². The van der Waals surface area contributed by atoms with Gasteiger partial charge in [-0.05, 0) is 36.2 Å². The van der Waals surface area contributed by atoms with E-state index in [9.17, 15) is 4.79 Å². The maximum absolute atomic E-state index is 11.9. The van der Waals surface area contributed by atoms with E-state index in [2.05, 4.69) is 20.4 Å². The summed E-state index contributed by atoms with van der Waals surface area (Å²) in [6.07, 6.45) is 4.30. The van der Waals surface area contributed by atoms with E-state index in [-0.39, 0.29) is 12.5 Å². The van der Waals surface area contributed by atoms with E-state index in [0.29, 0.717) is 29.6 Å². The number of nitrogens with one attached hydrogen (secondary N) is 1. The predicted molar refractivity (Wildman–Crippen MR) is 89.1 cm³/mol. The van der Waals surface area contributed by atoms with Crippen LogP contribution in [0.1, 0.15) is 17.9 Å². The third-order valence-electron chi connectivity index (χ3n) is 3.37. The molecular weight excluding hydrogens is 328 g/mol. The van der Waals surface area contributed by atoms with Crippen molar-refractivity contribution in [3.8, 4) is 11.4 Å². The van der Waals surface area contributed by atoms with Gasteiger partial charge in [0, 0.05) is 29.4 Å². The summed E-state index contributed by atoms with van der Waals surface area (Å²) in [4.78, 5) is 20.1. The maximum Gasteiger partial charge on any atom is 0.246 e. The molecule has 2 heterocycles. The highest BCUT2D eigenvalue weighted by atomic mass is 35.5. The molecule has 0 radical (unpaired) electrons. The molecule has 6 nitrogen and oxygen atoms in total. The van der Waals surface area contributed by atoms with Gasteiger partial charge in [0.15, 0.2) is 0 Å². The summed E-state index contributed by atoms with van der Waals surface area (Å²) in [7, 11) is 0. The number of amides is 1. The van der Waals surface area contributed by atoms with Crippen LogP contribution in [0.2, 0.25) is 5.02 Å². The van der Waals surface area contributed by atoms with Gasteiger partial charge in [-0.15, -0.1) is 0 Å². The lowest BCUT2D eigenvalue weighted by molar-refractivity contribution is -0.121. The zero-order chi connectivity index (χ0) is 16.8. The third kappa shape index (κ3) is 4.39. The van der Waals surface area contributed by atoms with Crippen LogP contribution in [0, 0.1) is 0 Å². The SMILES string of the molecule is O=C(CCc1cccc(Cl)c1)NCc1nc(-c2ccncc2)no1. The minimum Gasteiger partial charge on any atom is -0.347 e. The Kier molecular flexibility index (Phi) is 5.18. The van der Waals surface area contributed by atoms with Crippen molar-refractivity contribution in [1.29, 1.82) is 0 Å². The van der Waals surface area contributed by atoms with Gasteiger partial charge in [0.2, 0.25) is 17.6 Å². The van der Waals surface area contributed by atoms with Crippen LogP contribution in [-0.2, 0) is 17.8 Å². The van der Waals surface area contributed by atoms with Gasteiger partial charge >= 0.3 is 0 Å². The Balaban J connectivity index is 1.49. The number of benzene rings is 1. The Morgan fingerprint density at radius 2 is 2.04 bits per heavy atom. The van der Waals surface area contributed by atoms with E-state index in [4.69, 9.17) is 16.1 Å². The van der Waals surface area contributed by atoms with Gasteiger partial charge in [0.25, 0.3) is 0 Å². The standard InChI is InChI=1S/C17H15ClN4O2/c18-14-3-1-2-12(10-14)4-5-15(23)20-11-16-21-17(22-24-16)13-6-8-19-9-7-13/h1-3,6-10H,4-5,11H2,(H,20,23). The molecule has 122 valence electrons. The lowest BCUT2D eigenvalue weighted by Crippen LogP contribution is -2.23. The Bertz CT molecular complexity index is 820. The molecule has 24 heavy (non-hydrogen) atoms. The number of hydrogen-bond donors (Lipinski definition) is 1. The van der Waals surface area contributed by atoms with Gasteiger partial charge in [0.05, 0.1) is 6.54 Å². The van der Waals surface area contributed by atoms with Crippen LogP contribution in [0.5, 0.6) is 0 Å². The molecule has 1 amide bonds. The first kappa shape index (κ1) is 16.1. The molecule has 0 atom stereocenters. The summed E-state index contributed by atoms with van der Waals surface area (Å²) in [6, 6.07) is 11.1. The minimum absolute atomic E-state index is 0.0846. The Morgan fingerprint density at radius 1 is 1.21 bits per heavy atom. The summed E-state index contributed by atoms with van der Waals surface area (Å²) < 4.78 is 5.13. The van der Waals surface area contributed by atoms with Crippen LogP contribution >= 0.6 is 11.6 Å². The monoisotopic (exact) mass is 342 g/mol. The van der Waals surface area contributed by atoms with Crippen LogP contribution in [0.15, 0.2) is 53.3 Å². The molecule has 1 aromatic carbocycles. The Labute approximate surface area is 143 Å². The number of nitrogens with zero attached hydrogens (tertiary/aromatic N) is 3. The summed E-state index contributed by atoms with van der Waals surface area (Å²) in [5.74, 6) is 0.747. The molecule has 1 N–H and O–H groups in total. The third-order valence-corrected chi connectivity index (χ3v) is 3.61. The molecule has 7 heteroatoms. The molecule has 3 aromatic rings. The van der Waals surface area contributed by atoms with E-state index < -0.39 is 0 Å². The second kappa shape index (κ2) is 7.70. The highest BCUT2D eigenvalue weighted by Gasteiger charge is 2.10. The Morgan fingerprint density at radius 3 is 2.83 bits per heavy atom. The van der Waals surface area contributed by atoms with Gasteiger partial charge in [-0.25, -0.2) is 0 Å². The highest BCUT2D eigenvalue weighted by Crippen LogP contribution is 2.14. The van der Waals surface area contributed by atoms with Crippen molar-refractivity contribution in [2.24, 2.45) is 0 Å². The first-order chi connectivity index (χ1) is 11.7. The molecule has 0 aliphatic rings. The second-order valence-electron chi connectivity index (χ2n) is 5.15. The van der Waals surface area contributed by atoms with Crippen molar-refractivity contribution in [2.45, 2.75) is 19.4 Å². The van der Waals surface area contributed by atoms with Crippen LogP contribution in [0.25, 0.3) is 11.4 Å². The fourth-order valence-corrected chi connectivity index (χ4v) is 2.37. The molecule has 0 saturated heterocycles. The minimum atomic E-state index is -0.0846. The van der Waals surface area contributed by atoms with Crippen molar-refractivity contribution in [2.75, 3.05) is 0 Å². The second-order valence-corrected chi connectivity index (χ2v) is 5.59. The molecule has 0 unspecified atom stereocenters. The molecule has 0 bridgehead atoms. The largest absolute Gasteiger partial charge is 0.347 e. The first-order valence-electron chi connectivity index (χ1n) is 7.45. The molecule has 0 aliphatic carbocycles. The summed E-state index contributed by atoms with van der Waals surface area (Å²) in [6.45, 7) is 0.201.